The minimum absolute atomic E-state index is 0.00155. The standard InChI is InChI=1S/C16H26N2OS/c1-7-16(6)14(19)18(11(2)15(3,4)5)13(17-16)12-9-8-10-20-12/h8-11,13,17H,7H2,1-6H3. The second-order valence-electron chi connectivity index (χ2n) is 7.00. The summed E-state index contributed by atoms with van der Waals surface area (Å²) in [4.78, 5) is 16.2. The summed E-state index contributed by atoms with van der Waals surface area (Å²) < 4.78 is 0. The first-order valence-electron chi connectivity index (χ1n) is 7.34. The molecule has 0 aromatic carbocycles. The van der Waals surface area contributed by atoms with Gasteiger partial charge in [0.05, 0.1) is 5.54 Å². The second kappa shape index (κ2) is 5.15. The fourth-order valence-corrected chi connectivity index (χ4v) is 3.33. The normalized spacial score (nSPS) is 29.0. The molecule has 1 saturated heterocycles. The zero-order valence-electron chi connectivity index (χ0n) is 13.4. The van der Waals surface area contributed by atoms with Gasteiger partial charge in [0.1, 0.15) is 6.17 Å². The first kappa shape index (κ1) is 15.5. The molecule has 3 atom stereocenters. The number of nitrogens with one attached hydrogen (secondary N) is 1. The molecule has 0 aliphatic carbocycles. The Morgan fingerprint density at radius 2 is 2.15 bits per heavy atom. The van der Waals surface area contributed by atoms with Crippen LogP contribution in [0.5, 0.6) is 0 Å². The molecule has 0 saturated carbocycles. The van der Waals surface area contributed by atoms with E-state index in [0.717, 1.165) is 6.42 Å². The van der Waals surface area contributed by atoms with E-state index in [0.29, 0.717) is 0 Å². The fraction of sp³-hybridized carbons (Fsp3) is 0.688. The van der Waals surface area contributed by atoms with E-state index in [-0.39, 0.29) is 23.5 Å². The zero-order chi connectivity index (χ0) is 15.1. The van der Waals surface area contributed by atoms with Gasteiger partial charge < -0.3 is 4.90 Å². The van der Waals surface area contributed by atoms with Crippen molar-refractivity contribution in [3.63, 3.8) is 0 Å². The van der Waals surface area contributed by atoms with Gasteiger partial charge >= 0.3 is 0 Å². The third kappa shape index (κ3) is 2.51. The number of carbonyl (C=O) groups is 1. The second-order valence-corrected chi connectivity index (χ2v) is 7.98. The van der Waals surface area contributed by atoms with Gasteiger partial charge in [0.15, 0.2) is 0 Å². The lowest BCUT2D eigenvalue weighted by molar-refractivity contribution is -0.137. The molecule has 112 valence electrons. The van der Waals surface area contributed by atoms with Crippen LogP contribution in [0.4, 0.5) is 0 Å². The van der Waals surface area contributed by atoms with Crippen molar-refractivity contribution in [1.82, 2.24) is 10.2 Å². The Kier molecular flexibility index (Phi) is 4.00. The summed E-state index contributed by atoms with van der Waals surface area (Å²) in [6, 6.07) is 4.34. The van der Waals surface area contributed by atoms with Gasteiger partial charge in [-0.05, 0) is 37.1 Å². The molecule has 1 aliphatic heterocycles. The Balaban J connectivity index is 2.41. The molecule has 20 heavy (non-hydrogen) atoms. The average Bonchev–Trinajstić information content (AvgIpc) is 2.96. The minimum atomic E-state index is -0.450. The Morgan fingerprint density at radius 3 is 2.60 bits per heavy atom. The SMILES string of the molecule is CCC1(C)NC(c2cccs2)N(C(C)C(C)(C)C)C1=O. The molecule has 3 unspecified atom stereocenters. The number of hydrogen-bond donors (Lipinski definition) is 1. The van der Waals surface area contributed by atoms with Crippen LogP contribution in [0.15, 0.2) is 17.5 Å². The summed E-state index contributed by atoms with van der Waals surface area (Å²) in [6.45, 7) is 12.8. The maximum atomic E-state index is 12.9. The smallest absolute Gasteiger partial charge is 0.244 e. The van der Waals surface area contributed by atoms with Crippen LogP contribution in [0.25, 0.3) is 0 Å². The van der Waals surface area contributed by atoms with E-state index in [1.807, 2.05) is 13.0 Å². The van der Waals surface area contributed by atoms with E-state index >= 15 is 0 Å². The van der Waals surface area contributed by atoms with Crippen molar-refractivity contribution in [3.05, 3.63) is 22.4 Å². The minimum Gasteiger partial charge on any atom is -0.317 e. The monoisotopic (exact) mass is 294 g/mol. The summed E-state index contributed by atoms with van der Waals surface area (Å²) >= 11 is 1.71. The van der Waals surface area contributed by atoms with Gasteiger partial charge in [-0.2, -0.15) is 0 Å². The highest BCUT2D eigenvalue weighted by Gasteiger charge is 2.50. The third-order valence-corrected chi connectivity index (χ3v) is 5.56. The van der Waals surface area contributed by atoms with Crippen molar-refractivity contribution in [2.45, 2.75) is 65.7 Å². The van der Waals surface area contributed by atoms with Gasteiger partial charge in [-0.25, -0.2) is 0 Å². The molecular formula is C16H26N2OS. The van der Waals surface area contributed by atoms with Crippen molar-refractivity contribution in [2.75, 3.05) is 0 Å². The first-order chi connectivity index (χ1) is 9.20. The van der Waals surface area contributed by atoms with Crippen LogP contribution in [0, 0.1) is 5.41 Å². The number of carbonyl (C=O) groups excluding carboxylic acids is 1. The van der Waals surface area contributed by atoms with E-state index < -0.39 is 5.54 Å². The molecule has 2 heterocycles. The number of hydrogen-bond acceptors (Lipinski definition) is 3. The number of nitrogens with zero attached hydrogens (tertiary/aromatic N) is 1. The molecule has 2 rings (SSSR count). The molecule has 1 aliphatic rings. The first-order valence-corrected chi connectivity index (χ1v) is 8.22. The largest absolute Gasteiger partial charge is 0.317 e. The van der Waals surface area contributed by atoms with Crippen LogP contribution < -0.4 is 5.32 Å². The molecule has 1 N–H and O–H groups in total. The summed E-state index contributed by atoms with van der Waals surface area (Å²) in [5.74, 6) is 0.223. The van der Waals surface area contributed by atoms with Crippen molar-refractivity contribution >= 4 is 17.2 Å². The van der Waals surface area contributed by atoms with Crippen LogP contribution >= 0.6 is 11.3 Å². The highest BCUT2D eigenvalue weighted by molar-refractivity contribution is 7.10. The van der Waals surface area contributed by atoms with Gasteiger partial charge in [0, 0.05) is 10.9 Å². The van der Waals surface area contributed by atoms with Crippen LogP contribution in [-0.4, -0.2) is 22.4 Å². The number of rotatable bonds is 3. The van der Waals surface area contributed by atoms with Crippen molar-refractivity contribution in [2.24, 2.45) is 5.41 Å². The van der Waals surface area contributed by atoms with E-state index in [4.69, 9.17) is 0 Å². The van der Waals surface area contributed by atoms with Crippen LogP contribution in [-0.2, 0) is 4.79 Å². The van der Waals surface area contributed by atoms with Gasteiger partial charge in [-0.15, -0.1) is 11.3 Å². The highest BCUT2D eigenvalue weighted by Crippen LogP contribution is 2.39. The predicted molar refractivity (Wildman–Crippen MR) is 84.7 cm³/mol. The molecule has 1 fully saturated rings. The molecular weight excluding hydrogens is 268 g/mol. The maximum absolute atomic E-state index is 12.9. The van der Waals surface area contributed by atoms with E-state index in [9.17, 15) is 4.79 Å². The topological polar surface area (TPSA) is 32.3 Å². The van der Waals surface area contributed by atoms with Crippen molar-refractivity contribution < 1.29 is 4.79 Å². The molecule has 0 bridgehead atoms. The molecule has 0 spiro atoms. The van der Waals surface area contributed by atoms with Crippen LogP contribution in [0.2, 0.25) is 0 Å². The number of thiophene rings is 1. The molecule has 1 aromatic heterocycles. The van der Waals surface area contributed by atoms with Gasteiger partial charge in [-0.1, -0.05) is 33.8 Å². The van der Waals surface area contributed by atoms with Gasteiger partial charge in [-0.3, -0.25) is 10.1 Å². The fourth-order valence-electron chi connectivity index (χ4n) is 2.56. The van der Waals surface area contributed by atoms with Crippen molar-refractivity contribution in [3.8, 4) is 0 Å². The Morgan fingerprint density at radius 1 is 1.50 bits per heavy atom. The molecule has 3 nitrogen and oxygen atoms in total. The van der Waals surface area contributed by atoms with Crippen molar-refractivity contribution in [1.29, 1.82) is 0 Å². The summed E-state index contributed by atoms with van der Waals surface area (Å²) in [5.41, 5.74) is -0.389. The number of amides is 1. The summed E-state index contributed by atoms with van der Waals surface area (Å²) in [7, 11) is 0. The predicted octanol–water partition coefficient (Wildman–Crippen LogP) is 3.78. The Labute approximate surface area is 126 Å². The van der Waals surface area contributed by atoms with Gasteiger partial charge in [0.25, 0.3) is 0 Å². The van der Waals surface area contributed by atoms with Crippen LogP contribution in [0.3, 0.4) is 0 Å². The molecule has 0 radical (unpaired) electrons. The van der Waals surface area contributed by atoms with E-state index in [1.54, 1.807) is 11.3 Å². The molecule has 4 heteroatoms. The lowest BCUT2D eigenvalue weighted by Gasteiger charge is -2.38. The quantitative estimate of drug-likeness (QED) is 0.920. The van der Waals surface area contributed by atoms with Gasteiger partial charge in [0.2, 0.25) is 5.91 Å². The van der Waals surface area contributed by atoms with Crippen LogP contribution in [0.1, 0.15) is 59.0 Å². The average molecular weight is 294 g/mol. The lowest BCUT2D eigenvalue weighted by Crippen LogP contribution is -2.47. The zero-order valence-corrected chi connectivity index (χ0v) is 14.2. The van der Waals surface area contributed by atoms with E-state index in [1.165, 1.54) is 4.88 Å². The molecule has 1 amide bonds. The Hall–Kier alpha value is -0.870. The molecule has 1 aromatic rings. The lowest BCUT2D eigenvalue weighted by atomic mass is 9.86. The third-order valence-electron chi connectivity index (χ3n) is 4.63. The highest BCUT2D eigenvalue weighted by atomic mass is 32.1. The maximum Gasteiger partial charge on any atom is 0.244 e. The Bertz CT molecular complexity index is 477. The van der Waals surface area contributed by atoms with E-state index in [2.05, 4.69) is 56.3 Å². The summed E-state index contributed by atoms with van der Waals surface area (Å²) in [6.07, 6.45) is 0.808. The summed E-state index contributed by atoms with van der Waals surface area (Å²) in [5, 5.41) is 5.63.